The van der Waals surface area contributed by atoms with Crippen LogP contribution < -0.4 is 5.73 Å². The predicted octanol–water partition coefficient (Wildman–Crippen LogP) is 1.34. The first kappa shape index (κ1) is 17.7. The van der Waals surface area contributed by atoms with E-state index in [1.165, 1.54) is 6.26 Å². The Bertz CT molecular complexity index is 784. The van der Waals surface area contributed by atoms with Gasteiger partial charge in [0.1, 0.15) is 21.2 Å². The summed E-state index contributed by atoms with van der Waals surface area (Å²) in [7, 11) is -1.27. The highest BCUT2D eigenvalue weighted by atomic mass is 32.2. The molecule has 0 atom stereocenters. The average molecular weight is 340 g/mol. The number of aromatic nitrogens is 3. The monoisotopic (exact) mass is 340 g/mol. The first-order valence-electron chi connectivity index (χ1n) is 7.60. The number of hydrogen-bond donors (Lipinski definition) is 1. The van der Waals surface area contributed by atoms with Gasteiger partial charge in [-0.05, 0) is 25.3 Å². The van der Waals surface area contributed by atoms with Gasteiger partial charge in [-0.3, -0.25) is 0 Å². The van der Waals surface area contributed by atoms with Gasteiger partial charge in [0.2, 0.25) is 0 Å². The number of hydrogen-bond acceptors (Lipinski definition) is 6. The second-order valence-electron chi connectivity index (χ2n) is 5.78. The Hall–Kier alpha value is -1.67. The van der Waals surface area contributed by atoms with Gasteiger partial charge < -0.3 is 15.0 Å². The number of rotatable bonds is 8. The zero-order valence-corrected chi connectivity index (χ0v) is 14.7. The van der Waals surface area contributed by atoms with Crippen molar-refractivity contribution in [3.05, 3.63) is 17.6 Å². The zero-order chi connectivity index (χ0) is 17.0. The highest BCUT2D eigenvalue weighted by Crippen LogP contribution is 2.24. The molecule has 0 bridgehead atoms. The molecule has 0 unspecified atom stereocenters. The maximum Gasteiger partial charge on any atom is 0.151 e. The van der Waals surface area contributed by atoms with Crippen LogP contribution in [0, 0.1) is 6.92 Å². The van der Waals surface area contributed by atoms with E-state index in [4.69, 9.17) is 10.5 Å². The Balaban J connectivity index is 2.29. The van der Waals surface area contributed by atoms with Crippen LogP contribution in [-0.4, -0.2) is 48.7 Å². The smallest absolute Gasteiger partial charge is 0.151 e. The lowest BCUT2D eigenvalue weighted by Gasteiger charge is -2.10. The Morgan fingerprint density at radius 1 is 1.35 bits per heavy atom. The number of nitrogen functional groups attached to an aromatic ring is 1. The Labute approximate surface area is 136 Å². The molecule has 0 aliphatic heterocycles. The molecule has 2 aromatic rings. The summed E-state index contributed by atoms with van der Waals surface area (Å²) in [5.41, 5.74) is 8.64. The molecule has 0 aliphatic carbocycles. The van der Waals surface area contributed by atoms with Crippen molar-refractivity contribution in [3.63, 3.8) is 0 Å². The molecule has 2 rings (SSSR count). The maximum atomic E-state index is 11.3. The summed E-state index contributed by atoms with van der Waals surface area (Å²) in [6, 6.07) is 0. The lowest BCUT2D eigenvalue weighted by atomic mass is 10.2. The predicted molar refractivity (Wildman–Crippen MR) is 91.2 cm³/mol. The van der Waals surface area contributed by atoms with Crippen LogP contribution in [0.25, 0.3) is 11.0 Å². The van der Waals surface area contributed by atoms with E-state index >= 15 is 0 Å². The number of pyridine rings is 1. The van der Waals surface area contributed by atoms with Gasteiger partial charge in [-0.15, -0.1) is 0 Å². The Kier molecular flexibility index (Phi) is 5.59. The van der Waals surface area contributed by atoms with Crippen molar-refractivity contribution in [2.75, 3.05) is 31.5 Å². The summed E-state index contributed by atoms with van der Waals surface area (Å²) in [4.78, 5) is 8.78. The molecule has 2 heterocycles. The van der Waals surface area contributed by atoms with E-state index in [-0.39, 0.29) is 5.75 Å². The van der Waals surface area contributed by atoms with E-state index in [1.807, 2.05) is 6.92 Å². The number of aryl methyl sites for hydroxylation is 2. The number of nitrogens with zero attached hydrogens (tertiary/aromatic N) is 3. The minimum Gasteiger partial charge on any atom is -0.384 e. The van der Waals surface area contributed by atoms with E-state index in [0.29, 0.717) is 37.3 Å². The summed E-state index contributed by atoms with van der Waals surface area (Å²) < 4.78 is 29.8. The van der Waals surface area contributed by atoms with Crippen LogP contribution in [0.2, 0.25) is 0 Å². The van der Waals surface area contributed by atoms with Crippen LogP contribution in [0.4, 0.5) is 5.82 Å². The van der Waals surface area contributed by atoms with Crippen molar-refractivity contribution in [1.29, 1.82) is 0 Å². The minimum atomic E-state index is -2.92. The lowest BCUT2D eigenvalue weighted by Crippen LogP contribution is -2.09. The van der Waals surface area contributed by atoms with Crippen LogP contribution in [-0.2, 0) is 27.5 Å². The Morgan fingerprint density at radius 3 is 2.74 bits per heavy atom. The number of anilines is 1. The van der Waals surface area contributed by atoms with Gasteiger partial charge in [-0.1, -0.05) is 0 Å². The van der Waals surface area contributed by atoms with Gasteiger partial charge >= 0.3 is 0 Å². The zero-order valence-electron chi connectivity index (χ0n) is 13.9. The molecule has 2 aromatic heterocycles. The van der Waals surface area contributed by atoms with Gasteiger partial charge in [0.05, 0.1) is 12.1 Å². The fraction of sp³-hybridized carbons (Fsp3) is 0.600. The number of imidazole rings is 1. The highest BCUT2D eigenvalue weighted by molar-refractivity contribution is 7.90. The molecule has 0 saturated heterocycles. The van der Waals surface area contributed by atoms with Gasteiger partial charge in [-0.25, -0.2) is 18.4 Å². The van der Waals surface area contributed by atoms with Crippen molar-refractivity contribution in [2.45, 2.75) is 32.7 Å². The van der Waals surface area contributed by atoms with Gasteiger partial charge in [0.25, 0.3) is 0 Å². The van der Waals surface area contributed by atoms with Crippen molar-refractivity contribution in [3.8, 4) is 0 Å². The van der Waals surface area contributed by atoms with E-state index in [2.05, 4.69) is 14.5 Å². The first-order chi connectivity index (χ1) is 10.8. The van der Waals surface area contributed by atoms with Crippen LogP contribution in [0.5, 0.6) is 0 Å². The van der Waals surface area contributed by atoms with Crippen molar-refractivity contribution in [2.24, 2.45) is 0 Å². The molecular formula is C15H24N4O3S. The summed E-state index contributed by atoms with van der Waals surface area (Å²) in [6.45, 7) is 3.25. The second kappa shape index (κ2) is 7.27. The van der Waals surface area contributed by atoms with Crippen molar-refractivity contribution < 1.29 is 13.2 Å². The SMILES string of the molecule is COCCc1nc2c(N)ncc(C)c2n1CCCCS(C)(=O)=O. The van der Waals surface area contributed by atoms with Crippen molar-refractivity contribution >= 4 is 26.7 Å². The Morgan fingerprint density at radius 2 is 2.09 bits per heavy atom. The van der Waals surface area contributed by atoms with E-state index in [0.717, 1.165) is 23.3 Å². The summed E-state index contributed by atoms with van der Waals surface area (Å²) in [5.74, 6) is 1.51. The fourth-order valence-electron chi connectivity index (χ4n) is 2.63. The third-order valence-corrected chi connectivity index (χ3v) is 4.77. The lowest BCUT2D eigenvalue weighted by molar-refractivity contribution is 0.199. The van der Waals surface area contributed by atoms with E-state index < -0.39 is 9.84 Å². The quantitative estimate of drug-likeness (QED) is 0.728. The molecule has 0 spiro atoms. The van der Waals surface area contributed by atoms with Gasteiger partial charge in [-0.2, -0.15) is 0 Å². The van der Waals surface area contributed by atoms with Crippen LogP contribution in [0.1, 0.15) is 24.2 Å². The third-order valence-electron chi connectivity index (χ3n) is 3.74. The highest BCUT2D eigenvalue weighted by Gasteiger charge is 2.15. The number of unbranched alkanes of at least 4 members (excludes halogenated alkanes) is 1. The number of ether oxygens (including phenoxy) is 1. The number of methoxy groups -OCH3 is 1. The molecular weight excluding hydrogens is 316 g/mol. The van der Waals surface area contributed by atoms with Crippen LogP contribution in [0.15, 0.2) is 6.20 Å². The first-order valence-corrected chi connectivity index (χ1v) is 9.66. The fourth-order valence-corrected chi connectivity index (χ4v) is 3.35. The molecule has 8 heteroatoms. The molecule has 2 N–H and O–H groups in total. The molecule has 7 nitrogen and oxygen atoms in total. The number of sulfone groups is 1. The number of fused-ring (bicyclic) bond motifs is 1. The molecule has 23 heavy (non-hydrogen) atoms. The molecule has 128 valence electrons. The molecule has 0 saturated carbocycles. The van der Waals surface area contributed by atoms with Gasteiger partial charge in [0, 0.05) is 38.3 Å². The molecule has 0 aliphatic rings. The largest absolute Gasteiger partial charge is 0.384 e. The van der Waals surface area contributed by atoms with Gasteiger partial charge in [0.15, 0.2) is 5.82 Å². The second-order valence-corrected chi connectivity index (χ2v) is 8.04. The molecule has 0 fully saturated rings. The third kappa shape index (κ3) is 4.42. The summed E-state index contributed by atoms with van der Waals surface area (Å²) in [6.07, 6.45) is 5.07. The molecule has 0 amide bonds. The minimum absolute atomic E-state index is 0.204. The van der Waals surface area contributed by atoms with Crippen molar-refractivity contribution in [1.82, 2.24) is 14.5 Å². The standard InChI is InChI=1S/C15H24N4O3S/c1-11-10-17-15(16)13-14(11)19(12(18-13)6-8-22-2)7-4-5-9-23(3,20)21/h10H,4-9H2,1-3H3,(H2,16,17). The topological polar surface area (TPSA) is 100 Å². The van der Waals surface area contributed by atoms with Crippen LogP contribution >= 0.6 is 0 Å². The summed E-state index contributed by atoms with van der Waals surface area (Å²) in [5, 5.41) is 0. The molecule has 0 radical (unpaired) electrons. The van der Waals surface area contributed by atoms with E-state index in [1.54, 1.807) is 13.3 Å². The maximum absolute atomic E-state index is 11.3. The molecule has 0 aromatic carbocycles. The van der Waals surface area contributed by atoms with Crippen LogP contribution in [0.3, 0.4) is 0 Å². The average Bonchev–Trinajstić information content (AvgIpc) is 2.84. The summed E-state index contributed by atoms with van der Waals surface area (Å²) >= 11 is 0. The number of nitrogens with two attached hydrogens (primary N) is 1. The normalized spacial score (nSPS) is 12.1. The van der Waals surface area contributed by atoms with E-state index in [9.17, 15) is 8.42 Å².